The molecule has 1 fully saturated rings. The van der Waals surface area contributed by atoms with E-state index in [1.54, 1.807) is 0 Å². The van der Waals surface area contributed by atoms with E-state index in [1.807, 2.05) is 19.2 Å². The summed E-state index contributed by atoms with van der Waals surface area (Å²) in [6.45, 7) is 7.46. The molecule has 0 spiro atoms. The van der Waals surface area contributed by atoms with Gasteiger partial charge in [0.25, 0.3) is 0 Å². The quantitative estimate of drug-likeness (QED) is 0.862. The minimum Gasteiger partial charge on any atom is -0.337 e. The summed E-state index contributed by atoms with van der Waals surface area (Å²) in [4.78, 5) is 11.3. The first-order valence-corrected chi connectivity index (χ1v) is 6.58. The maximum absolute atomic E-state index is 4.55. The summed E-state index contributed by atoms with van der Waals surface area (Å²) in [5, 5.41) is 3.46. The van der Waals surface area contributed by atoms with Crippen LogP contribution in [0.3, 0.4) is 0 Å². The summed E-state index contributed by atoms with van der Waals surface area (Å²) >= 11 is 0. The standard InChI is InChI=1S/C13H22N4/c1-3-9-17(12-5-4-7-14-10-12)13-15-8-6-11(2)16-13/h6,8,12,14H,3-5,7,9-10H2,1-2H3. The van der Waals surface area contributed by atoms with Crippen LogP contribution in [0.15, 0.2) is 12.3 Å². The van der Waals surface area contributed by atoms with Crippen molar-refractivity contribution >= 4 is 5.95 Å². The molecule has 0 amide bonds. The van der Waals surface area contributed by atoms with Crippen molar-refractivity contribution in [3.8, 4) is 0 Å². The molecular formula is C13H22N4. The van der Waals surface area contributed by atoms with Crippen molar-refractivity contribution in [3.05, 3.63) is 18.0 Å². The molecular weight excluding hydrogens is 212 g/mol. The van der Waals surface area contributed by atoms with Gasteiger partial charge < -0.3 is 10.2 Å². The highest BCUT2D eigenvalue weighted by Crippen LogP contribution is 2.17. The molecule has 1 unspecified atom stereocenters. The SMILES string of the molecule is CCCN(c1nccc(C)n1)C1CCCNC1. The lowest BCUT2D eigenvalue weighted by Gasteiger charge is -2.34. The summed E-state index contributed by atoms with van der Waals surface area (Å²) in [7, 11) is 0. The van der Waals surface area contributed by atoms with E-state index in [9.17, 15) is 0 Å². The van der Waals surface area contributed by atoms with Crippen LogP contribution >= 0.6 is 0 Å². The van der Waals surface area contributed by atoms with Crippen LogP contribution in [0.5, 0.6) is 0 Å². The number of rotatable bonds is 4. The van der Waals surface area contributed by atoms with Crippen LogP contribution in [-0.2, 0) is 0 Å². The van der Waals surface area contributed by atoms with Crippen molar-refractivity contribution < 1.29 is 0 Å². The number of hydrogen-bond acceptors (Lipinski definition) is 4. The first-order valence-electron chi connectivity index (χ1n) is 6.58. The van der Waals surface area contributed by atoms with E-state index in [0.717, 1.165) is 37.7 Å². The normalized spacial score (nSPS) is 20.2. The molecule has 1 atom stereocenters. The lowest BCUT2D eigenvalue weighted by atomic mass is 10.1. The Balaban J connectivity index is 2.15. The molecule has 0 aromatic carbocycles. The third kappa shape index (κ3) is 3.16. The molecule has 2 rings (SSSR count). The molecule has 1 aliphatic rings. The molecule has 94 valence electrons. The van der Waals surface area contributed by atoms with E-state index in [1.165, 1.54) is 12.8 Å². The number of piperidine rings is 1. The van der Waals surface area contributed by atoms with Crippen LogP contribution in [-0.4, -0.2) is 35.6 Å². The maximum Gasteiger partial charge on any atom is 0.225 e. The number of aromatic nitrogens is 2. The zero-order valence-electron chi connectivity index (χ0n) is 10.8. The van der Waals surface area contributed by atoms with E-state index in [4.69, 9.17) is 0 Å². The Hall–Kier alpha value is -1.16. The molecule has 0 aliphatic carbocycles. The number of hydrogen-bond donors (Lipinski definition) is 1. The Labute approximate surface area is 103 Å². The fourth-order valence-corrected chi connectivity index (χ4v) is 2.36. The summed E-state index contributed by atoms with van der Waals surface area (Å²) in [6.07, 6.45) is 5.48. The van der Waals surface area contributed by atoms with Crippen molar-refractivity contribution in [2.24, 2.45) is 0 Å². The zero-order valence-corrected chi connectivity index (χ0v) is 10.8. The highest BCUT2D eigenvalue weighted by molar-refractivity contribution is 5.32. The molecule has 1 saturated heterocycles. The molecule has 4 nitrogen and oxygen atoms in total. The lowest BCUT2D eigenvalue weighted by molar-refractivity contribution is 0.426. The van der Waals surface area contributed by atoms with Gasteiger partial charge in [-0.25, -0.2) is 9.97 Å². The third-order valence-corrected chi connectivity index (χ3v) is 3.22. The second-order valence-corrected chi connectivity index (χ2v) is 4.69. The van der Waals surface area contributed by atoms with Gasteiger partial charge >= 0.3 is 0 Å². The summed E-state index contributed by atoms with van der Waals surface area (Å²) in [5.74, 6) is 0.889. The van der Waals surface area contributed by atoms with Crippen LogP contribution in [0.25, 0.3) is 0 Å². The van der Waals surface area contributed by atoms with Crippen molar-refractivity contribution in [3.63, 3.8) is 0 Å². The Bertz CT molecular complexity index is 347. The van der Waals surface area contributed by atoms with Crippen LogP contribution in [0.4, 0.5) is 5.95 Å². The van der Waals surface area contributed by atoms with Gasteiger partial charge in [-0.15, -0.1) is 0 Å². The Morgan fingerprint density at radius 1 is 1.53 bits per heavy atom. The van der Waals surface area contributed by atoms with E-state index < -0.39 is 0 Å². The first-order chi connectivity index (χ1) is 8.31. The molecule has 0 bridgehead atoms. The second kappa shape index (κ2) is 5.96. The Morgan fingerprint density at radius 2 is 2.41 bits per heavy atom. The van der Waals surface area contributed by atoms with Gasteiger partial charge in [0.2, 0.25) is 5.95 Å². The fourth-order valence-electron chi connectivity index (χ4n) is 2.36. The molecule has 4 heteroatoms. The average molecular weight is 234 g/mol. The number of aryl methyl sites for hydroxylation is 1. The zero-order chi connectivity index (χ0) is 12.1. The first kappa shape index (κ1) is 12.3. The van der Waals surface area contributed by atoms with Crippen molar-refractivity contribution in [1.29, 1.82) is 0 Å². The predicted octanol–water partition coefficient (Wildman–Crippen LogP) is 1.75. The highest BCUT2D eigenvalue weighted by Gasteiger charge is 2.22. The van der Waals surface area contributed by atoms with Crippen LogP contribution in [0.1, 0.15) is 31.9 Å². The van der Waals surface area contributed by atoms with Gasteiger partial charge in [-0.05, 0) is 38.8 Å². The predicted molar refractivity (Wildman–Crippen MR) is 70.3 cm³/mol. The van der Waals surface area contributed by atoms with E-state index >= 15 is 0 Å². The second-order valence-electron chi connectivity index (χ2n) is 4.69. The maximum atomic E-state index is 4.55. The molecule has 1 aliphatic heterocycles. The smallest absolute Gasteiger partial charge is 0.225 e. The van der Waals surface area contributed by atoms with Gasteiger partial charge in [-0.2, -0.15) is 0 Å². The summed E-state index contributed by atoms with van der Waals surface area (Å²) in [6, 6.07) is 2.50. The largest absolute Gasteiger partial charge is 0.337 e. The van der Waals surface area contributed by atoms with Gasteiger partial charge in [0.05, 0.1) is 0 Å². The van der Waals surface area contributed by atoms with E-state index in [2.05, 4.69) is 27.1 Å². The molecule has 0 saturated carbocycles. The number of nitrogens with one attached hydrogen (secondary N) is 1. The van der Waals surface area contributed by atoms with Crippen LogP contribution in [0.2, 0.25) is 0 Å². The van der Waals surface area contributed by atoms with Gasteiger partial charge in [-0.1, -0.05) is 6.92 Å². The van der Waals surface area contributed by atoms with E-state index in [0.29, 0.717) is 6.04 Å². The van der Waals surface area contributed by atoms with E-state index in [-0.39, 0.29) is 0 Å². The topological polar surface area (TPSA) is 41.1 Å². The number of anilines is 1. The van der Waals surface area contributed by atoms with Crippen molar-refractivity contribution in [2.45, 2.75) is 39.2 Å². The van der Waals surface area contributed by atoms with Gasteiger partial charge in [0, 0.05) is 31.0 Å². The van der Waals surface area contributed by atoms with Crippen molar-refractivity contribution in [2.75, 3.05) is 24.5 Å². The van der Waals surface area contributed by atoms with Crippen LogP contribution < -0.4 is 10.2 Å². The fraction of sp³-hybridized carbons (Fsp3) is 0.692. The average Bonchev–Trinajstić information content (AvgIpc) is 2.37. The van der Waals surface area contributed by atoms with Gasteiger partial charge in [-0.3, -0.25) is 0 Å². The minimum absolute atomic E-state index is 0.547. The number of nitrogens with zero attached hydrogens (tertiary/aromatic N) is 3. The Morgan fingerprint density at radius 3 is 3.06 bits per heavy atom. The molecule has 2 heterocycles. The third-order valence-electron chi connectivity index (χ3n) is 3.22. The lowest BCUT2D eigenvalue weighted by Crippen LogP contribution is -2.47. The molecule has 0 radical (unpaired) electrons. The van der Waals surface area contributed by atoms with Gasteiger partial charge in [0.15, 0.2) is 0 Å². The van der Waals surface area contributed by atoms with Crippen molar-refractivity contribution in [1.82, 2.24) is 15.3 Å². The Kier molecular flexibility index (Phi) is 4.31. The monoisotopic (exact) mass is 234 g/mol. The summed E-state index contributed by atoms with van der Waals surface area (Å²) < 4.78 is 0. The summed E-state index contributed by atoms with van der Waals surface area (Å²) in [5.41, 5.74) is 1.04. The van der Waals surface area contributed by atoms with Gasteiger partial charge in [0.1, 0.15) is 0 Å². The molecule has 1 N–H and O–H groups in total. The molecule has 1 aromatic heterocycles. The highest BCUT2D eigenvalue weighted by atomic mass is 15.3. The minimum atomic E-state index is 0.547. The molecule has 1 aromatic rings. The molecule has 17 heavy (non-hydrogen) atoms. The van der Waals surface area contributed by atoms with Crippen LogP contribution in [0, 0.1) is 6.92 Å².